The number of hydrogen-bond donors (Lipinski definition) is 1. The standard InChI is InChI=1S/C16H25FN2O2/c1-5-9-18-12(2)14-7-6-13(17)11-15(14)21-10-8-16(20)19(3)4/h6-7,11-12,18H,5,8-10H2,1-4H3. The summed E-state index contributed by atoms with van der Waals surface area (Å²) in [6, 6.07) is 4.60. The topological polar surface area (TPSA) is 41.6 Å². The van der Waals surface area contributed by atoms with Crippen LogP contribution in [0.3, 0.4) is 0 Å². The maximum absolute atomic E-state index is 13.4. The van der Waals surface area contributed by atoms with E-state index >= 15 is 0 Å². The summed E-state index contributed by atoms with van der Waals surface area (Å²) >= 11 is 0. The van der Waals surface area contributed by atoms with Crippen molar-refractivity contribution < 1.29 is 13.9 Å². The molecule has 0 aliphatic carbocycles. The van der Waals surface area contributed by atoms with E-state index in [1.165, 1.54) is 17.0 Å². The fourth-order valence-corrected chi connectivity index (χ4v) is 1.93. The Morgan fingerprint density at radius 3 is 2.76 bits per heavy atom. The number of hydrogen-bond acceptors (Lipinski definition) is 3. The van der Waals surface area contributed by atoms with Gasteiger partial charge >= 0.3 is 0 Å². The maximum Gasteiger partial charge on any atom is 0.225 e. The van der Waals surface area contributed by atoms with Crippen molar-refractivity contribution in [2.45, 2.75) is 32.7 Å². The van der Waals surface area contributed by atoms with Crippen LogP contribution in [0.5, 0.6) is 5.75 Å². The molecule has 118 valence electrons. The quantitative estimate of drug-likeness (QED) is 0.802. The van der Waals surface area contributed by atoms with E-state index in [2.05, 4.69) is 12.2 Å². The molecular formula is C16H25FN2O2. The van der Waals surface area contributed by atoms with Gasteiger partial charge in [-0.05, 0) is 26.0 Å². The van der Waals surface area contributed by atoms with Gasteiger partial charge in [-0.15, -0.1) is 0 Å². The molecule has 1 amide bonds. The number of amides is 1. The van der Waals surface area contributed by atoms with Gasteiger partial charge in [0, 0.05) is 31.8 Å². The molecule has 0 aromatic heterocycles. The summed E-state index contributed by atoms with van der Waals surface area (Å²) in [5.41, 5.74) is 0.905. The van der Waals surface area contributed by atoms with Crippen LogP contribution in [-0.4, -0.2) is 38.1 Å². The highest BCUT2D eigenvalue weighted by atomic mass is 19.1. The molecule has 0 radical (unpaired) electrons. The first-order chi connectivity index (χ1) is 9.95. The van der Waals surface area contributed by atoms with Crippen LogP contribution in [0.2, 0.25) is 0 Å². The van der Waals surface area contributed by atoms with Crippen molar-refractivity contribution in [3.05, 3.63) is 29.6 Å². The van der Waals surface area contributed by atoms with Gasteiger partial charge in [0.1, 0.15) is 11.6 Å². The Hall–Kier alpha value is -1.62. The van der Waals surface area contributed by atoms with Gasteiger partial charge in [0.15, 0.2) is 0 Å². The molecule has 5 heteroatoms. The summed E-state index contributed by atoms with van der Waals surface area (Å²) in [5.74, 6) is 0.151. The lowest BCUT2D eigenvalue weighted by Crippen LogP contribution is -2.24. The monoisotopic (exact) mass is 296 g/mol. The second-order valence-corrected chi connectivity index (χ2v) is 5.24. The van der Waals surface area contributed by atoms with Gasteiger partial charge in [-0.25, -0.2) is 4.39 Å². The lowest BCUT2D eigenvalue weighted by atomic mass is 10.1. The SMILES string of the molecule is CCCNC(C)c1ccc(F)cc1OCCC(=O)N(C)C. The zero-order valence-corrected chi connectivity index (χ0v) is 13.3. The molecule has 0 fully saturated rings. The van der Waals surface area contributed by atoms with Gasteiger partial charge < -0.3 is 15.0 Å². The van der Waals surface area contributed by atoms with Gasteiger partial charge in [-0.3, -0.25) is 4.79 Å². The number of nitrogens with zero attached hydrogens (tertiary/aromatic N) is 1. The summed E-state index contributed by atoms with van der Waals surface area (Å²) in [4.78, 5) is 13.0. The van der Waals surface area contributed by atoms with Crippen LogP contribution in [0.15, 0.2) is 18.2 Å². The van der Waals surface area contributed by atoms with Crippen LogP contribution in [-0.2, 0) is 4.79 Å². The van der Waals surface area contributed by atoms with Crippen molar-refractivity contribution in [3.8, 4) is 5.75 Å². The molecule has 0 heterocycles. The smallest absolute Gasteiger partial charge is 0.225 e. The predicted octanol–water partition coefficient (Wildman–Crippen LogP) is 2.74. The fraction of sp³-hybridized carbons (Fsp3) is 0.562. The van der Waals surface area contributed by atoms with Crippen molar-refractivity contribution >= 4 is 5.91 Å². The number of rotatable bonds is 8. The van der Waals surface area contributed by atoms with E-state index in [0.29, 0.717) is 5.75 Å². The Balaban J connectivity index is 2.70. The van der Waals surface area contributed by atoms with Crippen molar-refractivity contribution in [1.82, 2.24) is 10.2 Å². The Kier molecular flexibility index (Phi) is 7.15. The highest BCUT2D eigenvalue weighted by molar-refractivity contribution is 5.75. The lowest BCUT2D eigenvalue weighted by molar-refractivity contribution is -0.129. The van der Waals surface area contributed by atoms with Crippen molar-refractivity contribution in [1.29, 1.82) is 0 Å². The van der Waals surface area contributed by atoms with E-state index < -0.39 is 0 Å². The first kappa shape index (κ1) is 17.4. The van der Waals surface area contributed by atoms with Gasteiger partial charge in [0.05, 0.1) is 13.0 Å². The molecule has 1 aromatic rings. The van der Waals surface area contributed by atoms with Gasteiger partial charge in [-0.2, -0.15) is 0 Å². The zero-order valence-electron chi connectivity index (χ0n) is 13.3. The van der Waals surface area contributed by atoms with Crippen molar-refractivity contribution in [3.63, 3.8) is 0 Å². The molecule has 1 aromatic carbocycles. The number of benzene rings is 1. The average molecular weight is 296 g/mol. The Morgan fingerprint density at radius 2 is 2.14 bits per heavy atom. The molecule has 0 saturated carbocycles. The molecule has 21 heavy (non-hydrogen) atoms. The first-order valence-corrected chi connectivity index (χ1v) is 7.31. The number of ether oxygens (including phenoxy) is 1. The first-order valence-electron chi connectivity index (χ1n) is 7.31. The molecule has 4 nitrogen and oxygen atoms in total. The van der Waals surface area contributed by atoms with Gasteiger partial charge in [0.25, 0.3) is 0 Å². The summed E-state index contributed by atoms with van der Waals surface area (Å²) in [6.07, 6.45) is 1.30. The molecule has 1 rings (SSSR count). The predicted molar refractivity (Wildman–Crippen MR) is 81.9 cm³/mol. The van der Waals surface area contributed by atoms with Crippen LogP contribution in [0.25, 0.3) is 0 Å². The van der Waals surface area contributed by atoms with Crippen molar-refractivity contribution in [2.24, 2.45) is 0 Å². The molecule has 1 unspecified atom stereocenters. The highest BCUT2D eigenvalue weighted by Gasteiger charge is 2.13. The molecule has 1 atom stereocenters. The van der Waals surface area contributed by atoms with Crippen LogP contribution in [0.4, 0.5) is 4.39 Å². The minimum Gasteiger partial charge on any atom is -0.493 e. The molecule has 0 aliphatic rings. The van der Waals surface area contributed by atoms with Gasteiger partial charge in [-0.1, -0.05) is 13.0 Å². The molecular weight excluding hydrogens is 271 g/mol. The fourth-order valence-electron chi connectivity index (χ4n) is 1.93. The number of nitrogens with one attached hydrogen (secondary N) is 1. The van der Waals surface area contributed by atoms with Gasteiger partial charge in [0.2, 0.25) is 5.91 Å². The Morgan fingerprint density at radius 1 is 1.43 bits per heavy atom. The van der Waals surface area contributed by atoms with E-state index in [1.807, 2.05) is 6.92 Å². The molecule has 0 spiro atoms. The highest BCUT2D eigenvalue weighted by Crippen LogP contribution is 2.26. The third-order valence-electron chi connectivity index (χ3n) is 3.21. The van der Waals surface area contributed by atoms with Crippen LogP contribution in [0.1, 0.15) is 38.3 Å². The molecule has 0 bridgehead atoms. The van der Waals surface area contributed by atoms with Crippen LogP contribution in [0, 0.1) is 5.82 Å². The summed E-state index contributed by atoms with van der Waals surface area (Å²) in [5, 5.41) is 3.35. The van der Waals surface area contributed by atoms with Crippen molar-refractivity contribution in [2.75, 3.05) is 27.2 Å². The van der Waals surface area contributed by atoms with E-state index in [0.717, 1.165) is 18.5 Å². The van der Waals surface area contributed by atoms with E-state index in [-0.39, 0.29) is 30.8 Å². The number of halogens is 1. The average Bonchev–Trinajstić information content (AvgIpc) is 2.44. The second kappa shape index (κ2) is 8.62. The minimum absolute atomic E-state index is 0.00916. The molecule has 1 N–H and O–H groups in total. The third kappa shape index (κ3) is 5.71. The van der Waals surface area contributed by atoms with E-state index in [9.17, 15) is 9.18 Å². The van der Waals surface area contributed by atoms with E-state index in [4.69, 9.17) is 4.74 Å². The molecule has 0 aliphatic heterocycles. The largest absolute Gasteiger partial charge is 0.493 e. The van der Waals surface area contributed by atoms with Crippen LogP contribution >= 0.6 is 0 Å². The summed E-state index contributed by atoms with van der Waals surface area (Å²) in [6.45, 7) is 5.24. The summed E-state index contributed by atoms with van der Waals surface area (Å²) < 4.78 is 19.0. The number of carbonyl (C=O) groups is 1. The normalized spacial score (nSPS) is 12.0. The summed E-state index contributed by atoms with van der Waals surface area (Å²) in [7, 11) is 3.40. The second-order valence-electron chi connectivity index (χ2n) is 5.24. The zero-order chi connectivity index (χ0) is 15.8. The van der Waals surface area contributed by atoms with Crippen LogP contribution < -0.4 is 10.1 Å². The number of carbonyl (C=O) groups excluding carboxylic acids is 1. The maximum atomic E-state index is 13.4. The third-order valence-corrected chi connectivity index (χ3v) is 3.21. The lowest BCUT2D eigenvalue weighted by Gasteiger charge is -2.18. The van der Waals surface area contributed by atoms with E-state index in [1.54, 1.807) is 20.2 Å². The minimum atomic E-state index is -0.338. The molecule has 0 saturated heterocycles. The Labute approximate surface area is 126 Å². The Bertz CT molecular complexity index is 464.